The Morgan fingerprint density at radius 1 is 0.556 bits per heavy atom. The molecule has 0 spiro atoms. The number of para-hydroxylation sites is 1. The van der Waals surface area contributed by atoms with Crippen LogP contribution < -0.4 is 49.1 Å². The van der Waals surface area contributed by atoms with Gasteiger partial charge in [-0.1, -0.05) is 90.1 Å². The number of rotatable bonds is 49. The number of thioether (sulfide) groups is 1. The molecule has 0 radical (unpaired) electrons. The van der Waals surface area contributed by atoms with E-state index in [4.69, 9.17) is 17.2 Å². The number of Topliss-reactive ketones (excluding diaryl/α,β-unsaturated/α-hetero) is 5. The fraction of sp³-hybridized carbons (Fsp3) is 0.605. The average molecular weight is 1530 g/mol. The van der Waals surface area contributed by atoms with Gasteiger partial charge in [0.15, 0.2) is 28.9 Å². The first kappa shape index (κ1) is 91.1. The van der Waals surface area contributed by atoms with Crippen molar-refractivity contribution in [2.24, 2.45) is 64.5 Å². The highest BCUT2D eigenvalue weighted by molar-refractivity contribution is 7.99. The molecule has 3 aromatic rings. The minimum atomic E-state index is -1.81. The molecule has 108 heavy (non-hydrogen) atoms. The highest BCUT2D eigenvalue weighted by atomic mass is 32.2. The number of amides is 9. The van der Waals surface area contributed by atoms with Crippen molar-refractivity contribution in [1.82, 2.24) is 41.8 Å². The van der Waals surface area contributed by atoms with Crippen molar-refractivity contribution >= 4 is 117 Å². The zero-order valence-corrected chi connectivity index (χ0v) is 63.5. The lowest BCUT2D eigenvalue weighted by molar-refractivity contribution is -0.143. The molecule has 596 valence electrons. The van der Waals surface area contributed by atoms with Crippen molar-refractivity contribution in [2.75, 3.05) is 44.4 Å². The third-order valence-corrected chi connectivity index (χ3v) is 19.6. The average Bonchev–Trinajstić information content (AvgIpc) is 1.64. The van der Waals surface area contributed by atoms with E-state index in [2.05, 4.69) is 36.9 Å². The first-order chi connectivity index (χ1) is 51.1. The van der Waals surface area contributed by atoms with Gasteiger partial charge in [0.2, 0.25) is 53.2 Å². The van der Waals surface area contributed by atoms with Gasteiger partial charge in [-0.05, 0) is 106 Å². The maximum atomic E-state index is 15.1. The lowest BCUT2D eigenvalue weighted by Crippen LogP contribution is -2.55. The molecule has 0 bridgehead atoms. The van der Waals surface area contributed by atoms with E-state index in [-0.39, 0.29) is 107 Å². The summed E-state index contributed by atoms with van der Waals surface area (Å²) in [5.74, 6) is -20.5. The molecule has 4 rings (SSSR count). The van der Waals surface area contributed by atoms with Gasteiger partial charge in [0.05, 0.1) is 56.1 Å². The number of aromatic nitrogens is 1. The van der Waals surface area contributed by atoms with Crippen LogP contribution in [0.15, 0.2) is 60.8 Å². The molecule has 32 heteroatoms. The van der Waals surface area contributed by atoms with E-state index < -0.39 is 225 Å². The largest absolute Gasteiger partial charge is 0.481 e. The van der Waals surface area contributed by atoms with Crippen LogP contribution in [0, 0.1) is 47.3 Å². The van der Waals surface area contributed by atoms with Gasteiger partial charge < -0.3 is 79.4 Å². The molecule has 2 heterocycles. The summed E-state index contributed by atoms with van der Waals surface area (Å²) >= 11 is 1.23. The number of aliphatic carboxylic acids is 2. The molecule has 2 aromatic carbocycles. The maximum Gasteiger partial charge on any atom is 0.304 e. The lowest BCUT2D eigenvalue weighted by atomic mass is 9.86. The smallest absolute Gasteiger partial charge is 0.304 e. The topological polar surface area (TPSA) is 523 Å². The van der Waals surface area contributed by atoms with Crippen LogP contribution in [0.2, 0.25) is 0 Å². The number of aliphatic hydroxyl groups excluding tert-OH is 2. The van der Waals surface area contributed by atoms with Gasteiger partial charge in [-0.25, -0.2) is 0 Å². The third kappa shape index (κ3) is 32.3. The highest BCUT2D eigenvalue weighted by Crippen LogP contribution is 2.27. The summed E-state index contributed by atoms with van der Waals surface area (Å²) in [6.45, 7) is 8.49. The second kappa shape index (κ2) is 46.8. The molecular weight excluding hydrogens is 1420 g/mol. The number of fused-ring (bicyclic) bond motifs is 1. The molecule has 1 aliphatic rings. The van der Waals surface area contributed by atoms with E-state index in [9.17, 15) is 92.3 Å². The number of carbonyl (C=O) groups excluding carboxylic acids is 14. The molecule has 0 aliphatic carbocycles. The quantitative estimate of drug-likeness (QED) is 0.0360. The predicted octanol–water partition coefficient (Wildman–Crippen LogP) is 2.05. The summed E-state index contributed by atoms with van der Waals surface area (Å²) in [4.78, 5) is 224. The molecule has 17 N–H and O–H groups in total. The van der Waals surface area contributed by atoms with Crippen LogP contribution >= 0.6 is 11.8 Å². The van der Waals surface area contributed by atoms with Crippen molar-refractivity contribution in [3.8, 4) is 0 Å². The normalized spacial score (nSPS) is 17.0. The Kier molecular flexibility index (Phi) is 39.5. The number of ketones is 5. The van der Waals surface area contributed by atoms with Crippen LogP contribution in [0.1, 0.15) is 162 Å². The van der Waals surface area contributed by atoms with E-state index in [1.807, 2.05) is 33.8 Å². The molecule has 0 saturated carbocycles. The van der Waals surface area contributed by atoms with Crippen LogP contribution in [-0.4, -0.2) is 205 Å². The van der Waals surface area contributed by atoms with Gasteiger partial charge >= 0.3 is 11.9 Å². The number of nitrogens with one attached hydrogen (secondary N) is 7. The zero-order valence-electron chi connectivity index (χ0n) is 62.6. The van der Waals surface area contributed by atoms with Crippen molar-refractivity contribution in [3.63, 3.8) is 0 Å². The first-order valence-corrected chi connectivity index (χ1v) is 38.1. The van der Waals surface area contributed by atoms with E-state index in [1.54, 1.807) is 68.6 Å². The maximum absolute atomic E-state index is 15.1. The Bertz CT molecular complexity index is 3590. The van der Waals surface area contributed by atoms with Crippen molar-refractivity contribution in [3.05, 3.63) is 71.9 Å². The second-order valence-electron chi connectivity index (χ2n) is 29.2. The Morgan fingerprint density at radius 3 is 1.66 bits per heavy atom. The summed E-state index contributed by atoms with van der Waals surface area (Å²) in [5, 5.41) is 56.8. The molecule has 11 atom stereocenters. The van der Waals surface area contributed by atoms with Gasteiger partial charge in [-0.3, -0.25) is 76.7 Å². The number of unbranched alkanes of at least 4 members (excludes halogenated alkanes) is 1. The minimum Gasteiger partial charge on any atom is -0.481 e. The summed E-state index contributed by atoms with van der Waals surface area (Å²) in [6, 6.07) is 7.10. The molecule has 1 aromatic heterocycles. The number of benzene rings is 2. The van der Waals surface area contributed by atoms with E-state index in [0.29, 0.717) is 34.9 Å². The molecule has 1 aliphatic heterocycles. The number of carboxylic acids is 2. The van der Waals surface area contributed by atoms with Crippen LogP contribution in [0.5, 0.6) is 0 Å². The molecule has 0 unspecified atom stereocenters. The van der Waals surface area contributed by atoms with Gasteiger partial charge in [-0.2, -0.15) is 11.8 Å². The van der Waals surface area contributed by atoms with Gasteiger partial charge in [0.25, 0.3) is 0 Å². The Labute approximate surface area is 633 Å². The summed E-state index contributed by atoms with van der Waals surface area (Å²) in [7, 11) is 0. The Hall–Kier alpha value is -9.27. The fourth-order valence-electron chi connectivity index (χ4n) is 12.9. The number of aliphatic hydroxyl groups is 2. The second-order valence-corrected chi connectivity index (χ2v) is 30.4. The summed E-state index contributed by atoms with van der Waals surface area (Å²) < 4.78 is 0. The van der Waals surface area contributed by atoms with E-state index >= 15 is 4.79 Å². The highest BCUT2D eigenvalue weighted by Gasteiger charge is 2.39. The van der Waals surface area contributed by atoms with Crippen LogP contribution in [0.4, 0.5) is 0 Å². The number of hydrogen-bond donors (Lipinski definition) is 14. The van der Waals surface area contributed by atoms with Crippen molar-refractivity contribution in [2.45, 2.75) is 200 Å². The zero-order chi connectivity index (χ0) is 80.3. The first-order valence-electron chi connectivity index (χ1n) is 37.0. The Balaban J connectivity index is 1.64. The van der Waals surface area contributed by atoms with Crippen LogP contribution in [0.25, 0.3) is 10.9 Å². The SMILES string of the molecule is CC(C)C[C@H](CC(=O)[C@H](CCCCN)NC(=O)[C@@H](CC(=O)[C@H](CC(C)C)NC(=O)[C@H](CC(=O)O)CC(=O)[C@H](CO)NC(=O)[C@@H](CC(=O)CN1CCSCCC(=O)N[C@@H](CCC(N)=O)C(=O)N[C@@H](CCC(=O)O)C1=O)Cc1ccccc1)Cc1c[nH]c2ccccc12)C(=O)N[C@@H](CC(C)C)C(=O)C[C@@H](CO)C(N)=O. The fourth-order valence-corrected chi connectivity index (χ4v) is 13.8. The third-order valence-electron chi connectivity index (χ3n) is 18.6. The molecule has 1 saturated heterocycles. The molecule has 31 nitrogen and oxygen atoms in total. The molecular formula is C76H111N11O20S. The summed E-state index contributed by atoms with van der Waals surface area (Å²) in [6.07, 6.45) is -2.99. The Morgan fingerprint density at radius 2 is 1.08 bits per heavy atom. The monoisotopic (exact) mass is 1530 g/mol. The number of aromatic amines is 1. The van der Waals surface area contributed by atoms with Crippen molar-refractivity contribution < 1.29 is 97.1 Å². The predicted molar refractivity (Wildman–Crippen MR) is 400 cm³/mol. The number of primary amides is 2. The molecule has 1 fully saturated rings. The van der Waals surface area contributed by atoms with Crippen LogP contribution in [-0.2, 0) is 89.6 Å². The number of hydrogen-bond acceptors (Lipinski definition) is 20. The van der Waals surface area contributed by atoms with Crippen LogP contribution in [0.3, 0.4) is 0 Å². The number of H-pyrrole nitrogens is 1. The lowest BCUT2D eigenvalue weighted by Gasteiger charge is -2.29. The van der Waals surface area contributed by atoms with Gasteiger partial charge in [0.1, 0.15) is 18.1 Å². The van der Waals surface area contributed by atoms with Gasteiger partial charge in [-0.15, -0.1) is 0 Å². The number of carboxylic acid groups (broad SMARTS) is 2. The number of nitrogens with two attached hydrogens (primary N) is 3. The van der Waals surface area contributed by atoms with Crippen molar-refractivity contribution in [1.29, 1.82) is 0 Å². The summed E-state index contributed by atoms with van der Waals surface area (Å²) in [5.41, 5.74) is 18.5. The standard InChI is InChI=1S/C76H111N11O20S/c1-43(2)28-47(71(102)84-60(30-45(5)6)64(93)37-52(41-88)70(79)101)34-62(91)56(18-12-13-24-77)82-73(104)49(32-51-39-80-55-17-11-10-16-54(51)55)35-63(92)59(29-44(3)4)85-74(105)50(38-69(99)100)36-65(94)61(42-89)86-72(103)48(31-46-14-8-7-9-15-46)33-53(90)40-87-25-27-108-26-23-67(96)81-57(19-21-66(78)95)75(106)83-58(76(87)107)20-22-68(97)98/h7-11,14-17,39,43-45,47-50,52,56-61,80,88-89H,12-13,18-38,40-42,77H2,1-6H3,(H2,78,95)(H2,79,101)(H,81,96)(H,82,104)(H,83,106)(H,84,102)(H,85,105)(H,86,103)(H,97,98)(H,99,100)/t47-,48-,49-,50+,52+,56+,57+,58+,59+,60+,61+/m1/s1. The van der Waals surface area contributed by atoms with Gasteiger partial charge in [0, 0.05) is 104 Å². The number of nitrogens with zero attached hydrogens (tertiary/aromatic N) is 1. The molecule has 9 amide bonds. The van der Waals surface area contributed by atoms with E-state index in [0.717, 1.165) is 4.90 Å². The van der Waals surface area contributed by atoms with E-state index in [1.165, 1.54) is 11.8 Å². The minimum absolute atomic E-state index is 0.0560. The number of carbonyl (C=O) groups is 16.